The summed E-state index contributed by atoms with van der Waals surface area (Å²) in [5, 5.41) is 0. The first-order chi connectivity index (χ1) is 7.10. The molecule has 0 saturated carbocycles. The fourth-order valence-corrected chi connectivity index (χ4v) is 1.23. The Morgan fingerprint density at radius 3 is 2.27 bits per heavy atom. The minimum atomic E-state index is -1.52. The van der Waals surface area contributed by atoms with Gasteiger partial charge in [-0.05, 0) is 24.1 Å². The monoisotopic (exact) mass is 215 g/mol. The molecule has 1 aromatic rings. The van der Waals surface area contributed by atoms with Crippen LogP contribution in [0.15, 0.2) is 17.1 Å². The summed E-state index contributed by atoms with van der Waals surface area (Å²) in [5.41, 5.74) is 0.122. The van der Waals surface area contributed by atoms with Crippen molar-refractivity contribution in [2.75, 3.05) is 0 Å². The van der Waals surface area contributed by atoms with Gasteiger partial charge in [-0.3, -0.25) is 0 Å². The second kappa shape index (κ2) is 4.75. The molecule has 2 nitrogen and oxygen atoms in total. The van der Waals surface area contributed by atoms with E-state index in [1.807, 2.05) is 0 Å². The summed E-state index contributed by atoms with van der Waals surface area (Å²) >= 11 is 0. The fourth-order valence-electron chi connectivity index (χ4n) is 1.23. The minimum absolute atomic E-state index is 0.122. The molecule has 0 spiro atoms. The Hall–Kier alpha value is -1.61. The molecular weight excluding hydrogens is 207 g/mol. The first-order valence-electron chi connectivity index (χ1n) is 4.31. The molecule has 0 heterocycles. The van der Waals surface area contributed by atoms with Crippen LogP contribution in [0.25, 0.3) is 0 Å². The van der Waals surface area contributed by atoms with E-state index in [1.54, 1.807) is 6.92 Å². The number of halogens is 3. The first kappa shape index (κ1) is 11.5. The number of hydrogen-bond acceptors (Lipinski definition) is 2. The van der Waals surface area contributed by atoms with E-state index in [4.69, 9.17) is 0 Å². The second-order valence-corrected chi connectivity index (χ2v) is 2.94. The van der Waals surface area contributed by atoms with Gasteiger partial charge in [0.15, 0.2) is 17.5 Å². The molecule has 5 heteroatoms. The van der Waals surface area contributed by atoms with Crippen LogP contribution in [-0.2, 0) is 4.79 Å². The number of carbonyl (C=O) groups excluding carboxylic acids is 1. The third-order valence-electron chi connectivity index (χ3n) is 1.99. The Balaban J connectivity index is 3.19. The summed E-state index contributed by atoms with van der Waals surface area (Å²) in [7, 11) is 0. The lowest BCUT2D eigenvalue weighted by Gasteiger charge is -2.08. The molecule has 1 aromatic carbocycles. The van der Waals surface area contributed by atoms with E-state index in [0.717, 1.165) is 12.1 Å². The van der Waals surface area contributed by atoms with Crippen molar-refractivity contribution < 1.29 is 18.0 Å². The summed E-state index contributed by atoms with van der Waals surface area (Å²) in [6.07, 6.45) is 1.68. The number of rotatable bonds is 3. The molecule has 15 heavy (non-hydrogen) atoms. The zero-order valence-corrected chi connectivity index (χ0v) is 7.93. The van der Waals surface area contributed by atoms with Gasteiger partial charge < -0.3 is 0 Å². The molecule has 0 radical (unpaired) electrons. The Morgan fingerprint density at radius 1 is 1.33 bits per heavy atom. The Kier molecular flexibility index (Phi) is 3.63. The van der Waals surface area contributed by atoms with Gasteiger partial charge in [0.1, 0.15) is 0 Å². The van der Waals surface area contributed by atoms with Crippen LogP contribution in [0, 0.1) is 17.5 Å². The van der Waals surface area contributed by atoms with E-state index in [2.05, 4.69) is 4.99 Å². The van der Waals surface area contributed by atoms with Crippen molar-refractivity contribution in [3.05, 3.63) is 35.1 Å². The molecule has 0 aromatic heterocycles. The predicted molar refractivity (Wildman–Crippen MR) is 47.5 cm³/mol. The summed E-state index contributed by atoms with van der Waals surface area (Å²) in [4.78, 5) is 13.4. The molecule has 0 aliphatic carbocycles. The van der Waals surface area contributed by atoms with Crippen molar-refractivity contribution >= 4 is 6.08 Å². The molecule has 1 rings (SSSR count). The molecule has 0 unspecified atom stereocenters. The fraction of sp³-hybridized carbons (Fsp3) is 0.300. The first-order valence-corrected chi connectivity index (χ1v) is 4.31. The van der Waals surface area contributed by atoms with E-state index < -0.39 is 23.5 Å². The summed E-state index contributed by atoms with van der Waals surface area (Å²) < 4.78 is 38.2. The highest BCUT2D eigenvalue weighted by Crippen LogP contribution is 2.23. The number of aliphatic imine (C=N–C) groups is 1. The van der Waals surface area contributed by atoms with Crippen LogP contribution in [0.2, 0.25) is 0 Å². The summed E-state index contributed by atoms with van der Waals surface area (Å²) in [5.74, 6) is -4.10. The van der Waals surface area contributed by atoms with Gasteiger partial charge in [0, 0.05) is 0 Å². The smallest absolute Gasteiger partial charge is 0.211 e. The lowest BCUT2D eigenvalue weighted by molar-refractivity contribution is 0.443. The molecule has 0 aliphatic heterocycles. The van der Waals surface area contributed by atoms with E-state index in [1.165, 1.54) is 6.08 Å². The van der Waals surface area contributed by atoms with Gasteiger partial charge in [-0.2, -0.15) is 4.99 Å². The van der Waals surface area contributed by atoms with Crippen molar-refractivity contribution in [3.8, 4) is 0 Å². The standard InChI is InChI=1S/C10H8F3NO/c1-2-9(14-5-15)6-3-7(11)10(13)8(12)4-6/h3-4,9H,2H2,1H3/t9-/m1/s1. The third kappa shape index (κ3) is 2.44. The molecule has 0 amide bonds. The lowest BCUT2D eigenvalue weighted by Crippen LogP contribution is -1.99. The third-order valence-corrected chi connectivity index (χ3v) is 1.99. The molecule has 0 bridgehead atoms. The number of hydrogen-bond donors (Lipinski definition) is 0. The van der Waals surface area contributed by atoms with Crippen molar-refractivity contribution in [2.45, 2.75) is 19.4 Å². The number of benzene rings is 1. The van der Waals surface area contributed by atoms with Crippen molar-refractivity contribution in [1.82, 2.24) is 0 Å². The molecule has 0 aliphatic rings. The van der Waals surface area contributed by atoms with Crippen molar-refractivity contribution in [3.63, 3.8) is 0 Å². The van der Waals surface area contributed by atoms with Crippen LogP contribution in [0.3, 0.4) is 0 Å². The average Bonchev–Trinajstić information content (AvgIpc) is 2.22. The van der Waals surface area contributed by atoms with Gasteiger partial charge in [-0.1, -0.05) is 6.92 Å². The number of nitrogens with zero attached hydrogens (tertiary/aromatic N) is 1. The molecule has 0 fully saturated rings. The lowest BCUT2D eigenvalue weighted by atomic mass is 10.0. The summed E-state index contributed by atoms with van der Waals surface area (Å²) in [6, 6.07) is 0.966. The van der Waals surface area contributed by atoms with Crippen molar-refractivity contribution in [1.29, 1.82) is 0 Å². The van der Waals surface area contributed by atoms with Crippen LogP contribution in [0.1, 0.15) is 24.9 Å². The van der Waals surface area contributed by atoms with Crippen molar-refractivity contribution in [2.24, 2.45) is 4.99 Å². The Morgan fingerprint density at radius 2 is 1.87 bits per heavy atom. The van der Waals surface area contributed by atoms with Gasteiger partial charge >= 0.3 is 0 Å². The SMILES string of the molecule is CC[C@@H](N=C=O)c1cc(F)c(F)c(F)c1. The Labute approximate surface area is 84.4 Å². The highest BCUT2D eigenvalue weighted by atomic mass is 19.2. The maximum absolute atomic E-state index is 12.8. The number of isocyanates is 1. The van der Waals surface area contributed by atoms with Crippen LogP contribution in [0.5, 0.6) is 0 Å². The van der Waals surface area contributed by atoms with Crippen LogP contribution in [-0.4, -0.2) is 6.08 Å². The summed E-state index contributed by atoms with van der Waals surface area (Å²) in [6.45, 7) is 1.69. The highest BCUT2D eigenvalue weighted by molar-refractivity contribution is 5.35. The highest BCUT2D eigenvalue weighted by Gasteiger charge is 2.15. The second-order valence-electron chi connectivity index (χ2n) is 2.94. The maximum atomic E-state index is 12.8. The van der Waals surface area contributed by atoms with Gasteiger partial charge in [-0.25, -0.2) is 18.0 Å². The van der Waals surface area contributed by atoms with E-state index in [9.17, 15) is 18.0 Å². The Bertz CT molecular complexity index is 390. The van der Waals surface area contributed by atoms with Gasteiger partial charge in [0.25, 0.3) is 0 Å². The van der Waals surface area contributed by atoms with Crippen LogP contribution < -0.4 is 0 Å². The van der Waals surface area contributed by atoms with Crippen LogP contribution >= 0.6 is 0 Å². The minimum Gasteiger partial charge on any atom is -0.211 e. The molecular formula is C10H8F3NO. The zero-order chi connectivity index (χ0) is 11.4. The average molecular weight is 215 g/mol. The predicted octanol–water partition coefficient (Wildman–Crippen LogP) is 2.89. The maximum Gasteiger partial charge on any atom is 0.235 e. The largest absolute Gasteiger partial charge is 0.235 e. The molecule has 1 atom stereocenters. The zero-order valence-electron chi connectivity index (χ0n) is 7.93. The van der Waals surface area contributed by atoms with Gasteiger partial charge in [0.05, 0.1) is 6.04 Å². The molecule has 0 saturated heterocycles. The van der Waals surface area contributed by atoms with Crippen LogP contribution in [0.4, 0.5) is 13.2 Å². The van der Waals surface area contributed by atoms with E-state index in [0.29, 0.717) is 6.42 Å². The molecule has 80 valence electrons. The van der Waals surface area contributed by atoms with E-state index in [-0.39, 0.29) is 5.56 Å². The molecule has 0 N–H and O–H groups in total. The van der Waals surface area contributed by atoms with E-state index >= 15 is 0 Å². The quantitative estimate of drug-likeness (QED) is 0.433. The van der Waals surface area contributed by atoms with Gasteiger partial charge in [0.2, 0.25) is 6.08 Å². The topological polar surface area (TPSA) is 29.4 Å². The van der Waals surface area contributed by atoms with Gasteiger partial charge in [-0.15, -0.1) is 0 Å². The normalized spacial score (nSPS) is 12.0.